The maximum absolute atomic E-state index is 14.0. The number of allylic oxidation sites excluding steroid dienone is 2. The molecule has 130 valence electrons. The van der Waals surface area contributed by atoms with Crippen molar-refractivity contribution in [3.05, 3.63) is 58.5 Å². The minimum Gasteiger partial charge on any atom is -0.490 e. The summed E-state index contributed by atoms with van der Waals surface area (Å²) < 4.78 is 21.3. The number of hydrogen-bond acceptors (Lipinski definition) is 3. The number of nitrogens with one attached hydrogen (secondary N) is 1. The van der Waals surface area contributed by atoms with Crippen LogP contribution in [0.15, 0.2) is 41.6 Å². The zero-order chi connectivity index (χ0) is 17.6. The maximum Gasteiger partial charge on any atom is 0.255 e. The number of fused-ring (bicyclic) bond motifs is 1. The van der Waals surface area contributed by atoms with Crippen LogP contribution >= 0.6 is 0 Å². The van der Waals surface area contributed by atoms with Gasteiger partial charge in [0.1, 0.15) is 5.65 Å². The monoisotopic (exact) mass is 341 g/mol. The second-order valence-corrected chi connectivity index (χ2v) is 6.57. The van der Waals surface area contributed by atoms with Crippen LogP contribution in [0.3, 0.4) is 0 Å². The first kappa shape index (κ1) is 15.9. The Labute approximate surface area is 145 Å². The molecule has 0 saturated heterocycles. The Morgan fingerprint density at radius 1 is 1.44 bits per heavy atom. The molecule has 0 saturated carbocycles. The third-order valence-corrected chi connectivity index (χ3v) is 4.81. The third kappa shape index (κ3) is 2.71. The van der Waals surface area contributed by atoms with Gasteiger partial charge in [0.2, 0.25) is 0 Å². The molecule has 1 aliphatic carbocycles. The number of carbonyl (C=O) groups is 1. The zero-order valence-electron chi connectivity index (χ0n) is 14.3. The van der Waals surface area contributed by atoms with Crippen LogP contribution in [0.2, 0.25) is 0 Å². The molecule has 0 fully saturated rings. The van der Waals surface area contributed by atoms with Gasteiger partial charge in [-0.1, -0.05) is 0 Å². The van der Waals surface area contributed by atoms with E-state index < -0.39 is 0 Å². The van der Waals surface area contributed by atoms with E-state index >= 15 is 0 Å². The summed E-state index contributed by atoms with van der Waals surface area (Å²) in [5.74, 6) is -0.189. The average molecular weight is 341 g/mol. The molecule has 6 heteroatoms. The SMILES string of the molecule is Cc1cc(C)n2ccc(C(=O)NC3CCOC4=C3CCC=C4F)c2n1. The van der Waals surface area contributed by atoms with Crippen LogP contribution in [0.5, 0.6) is 0 Å². The molecule has 0 spiro atoms. The minimum atomic E-state index is -0.317. The number of aryl methyl sites for hydroxylation is 2. The molecule has 0 bridgehead atoms. The van der Waals surface area contributed by atoms with Crippen LogP contribution in [-0.2, 0) is 4.74 Å². The predicted octanol–water partition coefficient (Wildman–Crippen LogP) is 3.37. The van der Waals surface area contributed by atoms with Crippen molar-refractivity contribution in [2.75, 3.05) is 6.61 Å². The van der Waals surface area contributed by atoms with Gasteiger partial charge < -0.3 is 14.5 Å². The van der Waals surface area contributed by atoms with Gasteiger partial charge in [0.15, 0.2) is 11.6 Å². The molecule has 1 aliphatic heterocycles. The zero-order valence-corrected chi connectivity index (χ0v) is 14.3. The molecule has 2 aliphatic rings. The molecule has 0 radical (unpaired) electrons. The molecule has 25 heavy (non-hydrogen) atoms. The lowest BCUT2D eigenvalue weighted by atomic mass is 9.92. The molecule has 2 aromatic rings. The number of halogens is 1. The average Bonchev–Trinajstić information content (AvgIpc) is 3.00. The van der Waals surface area contributed by atoms with Crippen LogP contribution in [0.25, 0.3) is 5.65 Å². The standard InChI is InChI=1S/C19H20FN3O2/c1-11-10-12(2)23-8-6-14(18(23)21-11)19(24)22-16-7-9-25-17-13(16)4-3-5-15(17)20/h5-6,8,10,16H,3-4,7,9H2,1-2H3,(H,22,24). The highest BCUT2D eigenvalue weighted by Crippen LogP contribution is 2.33. The largest absolute Gasteiger partial charge is 0.490 e. The molecule has 1 amide bonds. The Balaban J connectivity index is 1.65. The summed E-state index contributed by atoms with van der Waals surface area (Å²) >= 11 is 0. The number of aromatic nitrogens is 2. The number of rotatable bonds is 2. The van der Waals surface area contributed by atoms with Gasteiger partial charge in [-0.25, -0.2) is 9.37 Å². The maximum atomic E-state index is 14.0. The van der Waals surface area contributed by atoms with E-state index in [1.165, 1.54) is 0 Å². The molecule has 3 heterocycles. The summed E-state index contributed by atoms with van der Waals surface area (Å²) in [6.45, 7) is 4.29. The summed E-state index contributed by atoms with van der Waals surface area (Å²) in [7, 11) is 0. The number of ether oxygens (including phenoxy) is 1. The lowest BCUT2D eigenvalue weighted by Crippen LogP contribution is -2.40. The van der Waals surface area contributed by atoms with Gasteiger partial charge in [-0.2, -0.15) is 0 Å². The van der Waals surface area contributed by atoms with Gasteiger partial charge >= 0.3 is 0 Å². The number of carbonyl (C=O) groups excluding carboxylic acids is 1. The van der Waals surface area contributed by atoms with Gasteiger partial charge in [0.25, 0.3) is 5.91 Å². The molecule has 2 aromatic heterocycles. The molecular weight excluding hydrogens is 321 g/mol. The third-order valence-electron chi connectivity index (χ3n) is 4.81. The molecule has 1 N–H and O–H groups in total. The highest BCUT2D eigenvalue weighted by atomic mass is 19.1. The van der Waals surface area contributed by atoms with E-state index in [2.05, 4.69) is 10.3 Å². The lowest BCUT2D eigenvalue weighted by Gasteiger charge is -2.30. The van der Waals surface area contributed by atoms with Crippen molar-refractivity contribution in [1.82, 2.24) is 14.7 Å². The normalized spacial score (nSPS) is 20.1. The molecule has 4 rings (SSSR count). The van der Waals surface area contributed by atoms with Crippen LogP contribution in [0.1, 0.15) is 41.0 Å². The van der Waals surface area contributed by atoms with Crippen LogP contribution in [0.4, 0.5) is 4.39 Å². The Bertz CT molecular complexity index is 926. The van der Waals surface area contributed by atoms with E-state index in [1.54, 1.807) is 12.1 Å². The fraction of sp³-hybridized carbons (Fsp3) is 0.368. The van der Waals surface area contributed by atoms with Crippen LogP contribution < -0.4 is 5.32 Å². The molecule has 1 unspecified atom stereocenters. The van der Waals surface area contributed by atoms with Crippen molar-refractivity contribution in [2.24, 2.45) is 0 Å². The number of amides is 1. The first-order valence-electron chi connectivity index (χ1n) is 8.52. The van der Waals surface area contributed by atoms with Crippen molar-refractivity contribution in [2.45, 2.75) is 39.2 Å². The van der Waals surface area contributed by atoms with E-state index in [4.69, 9.17) is 4.74 Å². The summed E-state index contributed by atoms with van der Waals surface area (Å²) in [5, 5.41) is 3.05. The second-order valence-electron chi connectivity index (χ2n) is 6.57. The Hall–Kier alpha value is -2.63. The summed E-state index contributed by atoms with van der Waals surface area (Å²) in [6.07, 6.45) is 5.38. The van der Waals surface area contributed by atoms with Gasteiger partial charge in [0.05, 0.1) is 18.2 Å². The topological polar surface area (TPSA) is 55.6 Å². The highest BCUT2D eigenvalue weighted by molar-refractivity contribution is 6.00. The van der Waals surface area contributed by atoms with E-state index in [0.717, 1.165) is 17.0 Å². The van der Waals surface area contributed by atoms with Gasteiger partial charge in [0, 0.05) is 24.0 Å². The second kappa shape index (κ2) is 6.02. The lowest BCUT2D eigenvalue weighted by molar-refractivity contribution is 0.0920. The van der Waals surface area contributed by atoms with E-state index in [9.17, 15) is 9.18 Å². The Kier molecular flexibility index (Phi) is 3.82. The quantitative estimate of drug-likeness (QED) is 0.911. The summed E-state index contributed by atoms with van der Waals surface area (Å²) in [4.78, 5) is 17.3. The van der Waals surface area contributed by atoms with Crippen LogP contribution in [0, 0.1) is 13.8 Å². The van der Waals surface area contributed by atoms with E-state index in [0.29, 0.717) is 42.8 Å². The van der Waals surface area contributed by atoms with Crippen LogP contribution in [-0.4, -0.2) is 27.9 Å². The minimum absolute atomic E-state index is 0.186. The predicted molar refractivity (Wildman–Crippen MR) is 91.9 cm³/mol. The summed E-state index contributed by atoms with van der Waals surface area (Å²) in [5.41, 5.74) is 3.92. The number of hydrogen-bond donors (Lipinski definition) is 1. The number of nitrogens with zero attached hydrogens (tertiary/aromatic N) is 2. The van der Waals surface area contributed by atoms with E-state index in [1.807, 2.05) is 30.5 Å². The smallest absolute Gasteiger partial charge is 0.255 e. The van der Waals surface area contributed by atoms with Crippen molar-refractivity contribution in [3.63, 3.8) is 0 Å². The fourth-order valence-corrected chi connectivity index (χ4v) is 3.63. The molecular formula is C19H20FN3O2. The van der Waals surface area contributed by atoms with Crippen molar-refractivity contribution < 1.29 is 13.9 Å². The summed E-state index contributed by atoms with van der Waals surface area (Å²) in [6, 6.07) is 3.55. The highest BCUT2D eigenvalue weighted by Gasteiger charge is 2.30. The molecule has 0 aromatic carbocycles. The Morgan fingerprint density at radius 3 is 3.12 bits per heavy atom. The van der Waals surface area contributed by atoms with Crippen molar-refractivity contribution >= 4 is 11.6 Å². The Morgan fingerprint density at radius 2 is 2.28 bits per heavy atom. The first-order valence-corrected chi connectivity index (χ1v) is 8.52. The fourth-order valence-electron chi connectivity index (χ4n) is 3.63. The molecule has 1 atom stereocenters. The van der Waals surface area contributed by atoms with Gasteiger partial charge in [-0.15, -0.1) is 0 Å². The van der Waals surface area contributed by atoms with Crippen molar-refractivity contribution in [3.8, 4) is 0 Å². The van der Waals surface area contributed by atoms with E-state index in [-0.39, 0.29) is 17.8 Å². The van der Waals surface area contributed by atoms with Gasteiger partial charge in [-0.3, -0.25) is 4.79 Å². The van der Waals surface area contributed by atoms with Crippen molar-refractivity contribution in [1.29, 1.82) is 0 Å². The molecule has 5 nitrogen and oxygen atoms in total. The first-order chi connectivity index (χ1) is 12.0. The van der Waals surface area contributed by atoms with Gasteiger partial charge in [-0.05, 0) is 50.5 Å².